The molecule has 4 rings (SSSR count). The Morgan fingerprint density at radius 3 is 2.41 bits per heavy atom. The maximum absolute atomic E-state index is 13.2. The quantitative estimate of drug-likeness (QED) is 0.521. The number of fused-ring (bicyclic) bond motifs is 2. The highest BCUT2D eigenvalue weighted by atomic mass is 32.2. The van der Waals surface area contributed by atoms with Gasteiger partial charge in [-0.3, -0.25) is 0 Å². The summed E-state index contributed by atoms with van der Waals surface area (Å²) in [7, 11) is -3.31. The molecule has 3 aromatic carbocycles. The molecule has 6 nitrogen and oxygen atoms in total. The first-order valence-corrected chi connectivity index (χ1v) is 13.0. The van der Waals surface area contributed by atoms with Crippen molar-refractivity contribution < 1.29 is 17.4 Å². The average molecular weight is 471 g/mol. The molecule has 1 N–H and O–H groups in total. The molecule has 0 saturated heterocycles. The molecule has 0 fully saturated rings. The number of anilines is 2. The Kier molecular flexibility index (Phi) is 6.37. The van der Waals surface area contributed by atoms with Crippen molar-refractivity contribution in [2.45, 2.75) is 35.0 Å². The highest BCUT2D eigenvalue weighted by Crippen LogP contribution is 2.44. The summed E-state index contributed by atoms with van der Waals surface area (Å²) in [5.41, 5.74) is 4.08. The number of nitrogens with one attached hydrogen (secondary N) is 1. The summed E-state index contributed by atoms with van der Waals surface area (Å²) in [4.78, 5) is 3.94. The number of aryl methyl sites for hydroxylation is 1. The predicted molar refractivity (Wildman–Crippen MR) is 127 cm³/mol. The molecule has 1 aliphatic heterocycles. The summed E-state index contributed by atoms with van der Waals surface area (Å²) in [6.45, 7) is 4.96. The third-order valence-electron chi connectivity index (χ3n) is 5.71. The van der Waals surface area contributed by atoms with Crippen LogP contribution < -0.4 is 14.4 Å². The van der Waals surface area contributed by atoms with Crippen LogP contribution in [0.15, 0.2) is 75.4 Å². The molecule has 0 radical (unpaired) electrons. The van der Waals surface area contributed by atoms with E-state index in [9.17, 15) is 12.6 Å². The normalized spacial score (nSPS) is 15.2. The molecule has 1 unspecified atom stereocenters. The van der Waals surface area contributed by atoms with E-state index in [2.05, 4.69) is 9.62 Å². The molecule has 168 valence electrons. The lowest BCUT2D eigenvalue weighted by Crippen LogP contribution is -2.30. The number of rotatable bonds is 7. The summed E-state index contributed by atoms with van der Waals surface area (Å²) in [6.07, 6.45) is 0.586. The molecule has 0 bridgehead atoms. The minimum absolute atomic E-state index is 0.203. The van der Waals surface area contributed by atoms with Crippen LogP contribution >= 0.6 is 0 Å². The van der Waals surface area contributed by atoms with Crippen LogP contribution in [0.2, 0.25) is 0 Å². The van der Waals surface area contributed by atoms with Gasteiger partial charge in [0.25, 0.3) is 0 Å². The van der Waals surface area contributed by atoms with Crippen LogP contribution in [0.5, 0.6) is 5.75 Å². The summed E-state index contributed by atoms with van der Waals surface area (Å²) in [5, 5.41) is 0. The first kappa shape index (κ1) is 22.5. The van der Waals surface area contributed by atoms with Gasteiger partial charge >= 0.3 is 0 Å². The Hall–Kier alpha value is -2.68. The Labute approximate surface area is 191 Å². The number of benzene rings is 3. The van der Waals surface area contributed by atoms with Crippen molar-refractivity contribution in [1.82, 2.24) is 4.72 Å². The molecule has 0 amide bonds. The number of ether oxygens (including phenoxy) is 1. The number of hydrogen-bond acceptors (Lipinski definition) is 5. The fourth-order valence-electron chi connectivity index (χ4n) is 3.85. The van der Waals surface area contributed by atoms with E-state index in [-0.39, 0.29) is 11.4 Å². The highest BCUT2D eigenvalue weighted by molar-refractivity contribution is 7.89. The number of para-hydroxylation sites is 1. The summed E-state index contributed by atoms with van der Waals surface area (Å²) >= 11 is 0. The molecule has 1 atom stereocenters. The van der Waals surface area contributed by atoms with Crippen LogP contribution in [0.1, 0.15) is 17.5 Å². The maximum atomic E-state index is 13.2. The van der Waals surface area contributed by atoms with Gasteiger partial charge in [0, 0.05) is 13.1 Å². The summed E-state index contributed by atoms with van der Waals surface area (Å²) in [5.74, 6) is 0.606. The van der Waals surface area contributed by atoms with Crippen molar-refractivity contribution in [3.05, 3.63) is 71.8 Å². The lowest BCUT2D eigenvalue weighted by molar-refractivity contribution is 0.414. The van der Waals surface area contributed by atoms with Crippen LogP contribution in [0.4, 0.5) is 11.4 Å². The zero-order valence-electron chi connectivity index (χ0n) is 18.3. The minimum Gasteiger partial charge on any atom is -0.497 e. The standard InChI is InChI=1S/C24H26N2O4S2/c1-17-9-14-23-24(18(17)2)26(21-7-4-5-8-22(21)31(23)27)16-6-15-25-32(28,29)20-12-10-19(30-3)11-13-20/h4-5,7-14,25H,6,15-16H2,1-3H3. The number of nitrogens with zero attached hydrogens (tertiary/aromatic N) is 1. The van der Waals surface area contributed by atoms with Crippen LogP contribution in [0.25, 0.3) is 0 Å². The van der Waals surface area contributed by atoms with E-state index in [1.165, 1.54) is 19.2 Å². The Morgan fingerprint density at radius 2 is 1.69 bits per heavy atom. The zero-order valence-corrected chi connectivity index (χ0v) is 19.9. The average Bonchev–Trinajstić information content (AvgIpc) is 2.80. The second-order valence-electron chi connectivity index (χ2n) is 7.67. The molecule has 3 aromatic rings. The molecule has 0 aromatic heterocycles. The minimum atomic E-state index is -3.61. The zero-order chi connectivity index (χ0) is 22.9. The lowest BCUT2D eigenvalue weighted by atomic mass is 10.1. The van der Waals surface area contributed by atoms with Gasteiger partial charge in [-0.2, -0.15) is 0 Å². The monoisotopic (exact) mass is 470 g/mol. The largest absolute Gasteiger partial charge is 0.497 e. The van der Waals surface area contributed by atoms with E-state index in [0.29, 0.717) is 18.7 Å². The van der Waals surface area contributed by atoms with Crippen LogP contribution in [0.3, 0.4) is 0 Å². The molecule has 32 heavy (non-hydrogen) atoms. The molecule has 1 heterocycles. The topological polar surface area (TPSA) is 75.7 Å². The number of hydrogen-bond donors (Lipinski definition) is 1. The van der Waals surface area contributed by atoms with Gasteiger partial charge in [0.2, 0.25) is 10.0 Å². The van der Waals surface area contributed by atoms with Gasteiger partial charge in [0.05, 0.1) is 44.0 Å². The van der Waals surface area contributed by atoms with Crippen LogP contribution in [-0.2, 0) is 20.8 Å². The highest BCUT2D eigenvalue weighted by Gasteiger charge is 2.29. The lowest BCUT2D eigenvalue weighted by Gasteiger charge is -2.34. The smallest absolute Gasteiger partial charge is 0.240 e. The van der Waals surface area contributed by atoms with Crippen molar-refractivity contribution in [2.75, 3.05) is 25.1 Å². The van der Waals surface area contributed by atoms with Gasteiger partial charge in [0.1, 0.15) is 5.75 Å². The molecule has 1 aliphatic rings. The molecular weight excluding hydrogens is 444 g/mol. The fraction of sp³-hybridized carbons (Fsp3) is 0.250. The maximum Gasteiger partial charge on any atom is 0.240 e. The molecule has 0 spiro atoms. The third kappa shape index (κ3) is 4.18. The molecule has 8 heteroatoms. The Balaban J connectivity index is 1.53. The van der Waals surface area contributed by atoms with E-state index < -0.39 is 20.8 Å². The van der Waals surface area contributed by atoms with Gasteiger partial charge in [-0.25, -0.2) is 17.3 Å². The Morgan fingerprint density at radius 1 is 0.969 bits per heavy atom. The van der Waals surface area contributed by atoms with E-state index in [0.717, 1.165) is 32.3 Å². The van der Waals surface area contributed by atoms with Crippen molar-refractivity contribution in [3.63, 3.8) is 0 Å². The van der Waals surface area contributed by atoms with Crippen molar-refractivity contribution in [2.24, 2.45) is 0 Å². The summed E-state index contributed by atoms with van der Waals surface area (Å²) in [6, 6.07) is 17.9. The van der Waals surface area contributed by atoms with Gasteiger partial charge in [0.15, 0.2) is 0 Å². The fourth-order valence-corrected chi connectivity index (χ4v) is 6.36. The predicted octanol–water partition coefficient (Wildman–Crippen LogP) is 4.30. The van der Waals surface area contributed by atoms with Gasteiger partial charge in [-0.05, 0) is 73.9 Å². The molecular formula is C24H26N2O4S2. The van der Waals surface area contributed by atoms with E-state index in [1.54, 1.807) is 12.1 Å². The molecule has 0 saturated carbocycles. The van der Waals surface area contributed by atoms with Crippen LogP contribution in [0, 0.1) is 13.8 Å². The Bertz CT molecular complexity index is 1270. The van der Waals surface area contributed by atoms with E-state index in [4.69, 9.17) is 4.74 Å². The van der Waals surface area contributed by atoms with E-state index in [1.807, 2.05) is 50.2 Å². The number of methoxy groups -OCH3 is 1. The van der Waals surface area contributed by atoms with Gasteiger partial charge in [-0.1, -0.05) is 18.2 Å². The first-order valence-electron chi connectivity index (χ1n) is 10.4. The van der Waals surface area contributed by atoms with Gasteiger partial charge in [-0.15, -0.1) is 0 Å². The van der Waals surface area contributed by atoms with Gasteiger partial charge < -0.3 is 9.64 Å². The SMILES string of the molecule is COc1ccc(S(=O)(=O)NCCCN2c3ccccc3S(=O)c3ccc(C)c(C)c32)cc1. The number of sulfonamides is 1. The van der Waals surface area contributed by atoms with Crippen LogP contribution in [-0.4, -0.2) is 32.8 Å². The molecule has 0 aliphatic carbocycles. The third-order valence-corrected chi connectivity index (χ3v) is 8.66. The van der Waals surface area contributed by atoms with Crippen molar-refractivity contribution >= 4 is 32.2 Å². The second kappa shape index (κ2) is 9.05. The first-order chi connectivity index (χ1) is 15.3. The van der Waals surface area contributed by atoms with Crippen molar-refractivity contribution in [3.8, 4) is 5.75 Å². The van der Waals surface area contributed by atoms with Crippen molar-refractivity contribution in [1.29, 1.82) is 0 Å². The second-order valence-corrected chi connectivity index (χ2v) is 10.9. The van der Waals surface area contributed by atoms with E-state index >= 15 is 0 Å². The summed E-state index contributed by atoms with van der Waals surface area (Å²) < 4.78 is 46.2.